The number of nitrogens with two attached hydrogens (primary N) is 1. The Hall–Kier alpha value is -1.63. The Morgan fingerprint density at radius 2 is 1.96 bits per heavy atom. The van der Waals surface area contributed by atoms with Crippen LogP contribution >= 0.6 is 0 Å². The van der Waals surface area contributed by atoms with Crippen LogP contribution in [0.2, 0.25) is 0 Å². The predicted octanol–water partition coefficient (Wildman–Crippen LogP) is 1.05. The lowest BCUT2D eigenvalue weighted by Gasteiger charge is -2.42. The topological polar surface area (TPSA) is 119 Å². The molecule has 0 spiro atoms. The van der Waals surface area contributed by atoms with Crippen molar-refractivity contribution in [2.24, 2.45) is 22.5 Å². The maximum Gasteiger partial charge on any atom is 0.328 e. The molecule has 7 nitrogen and oxygen atoms in total. The van der Waals surface area contributed by atoms with E-state index in [4.69, 9.17) is 15.6 Å². The van der Waals surface area contributed by atoms with Gasteiger partial charge in [0.25, 0.3) is 0 Å². The molecule has 1 amide bonds. The average molecular weight is 340 g/mol. The van der Waals surface area contributed by atoms with Crippen LogP contribution in [0.5, 0.6) is 0 Å². The zero-order valence-electron chi connectivity index (χ0n) is 14.8. The van der Waals surface area contributed by atoms with Gasteiger partial charge in [0, 0.05) is 10.8 Å². The van der Waals surface area contributed by atoms with Crippen molar-refractivity contribution in [3.8, 4) is 0 Å². The summed E-state index contributed by atoms with van der Waals surface area (Å²) >= 11 is 0. The van der Waals surface area contributed by atoms with Gasteiger partial charge in [0.1, 0.15) is 12.1 Å². The van der Waals surface area contributed by atoms with Crippen LogP contribution in [-0.2, 0) is 19.1 Å². The predicted molar refractivity (Wildman–Crippen MR) is 86.9 cm³/mol. The summed E-state index contributed by atoms with van der Waals surface area (Å²) in [5.41, 5.74) is 5.41. The second-order valence-electron chi connectivity index (χ2n) is 8.17. The molecule has 24 heavy (non-hydrogen) atoms. The minimum absolute atomic E-state index is 0.00668. The summed E-state index contributed by atoms with van der Waals surface area (Å²) in [4.78, 5) is 34.8. The number of hydrogen-bond donors (Lipinski definition) is 3. The number of carbonyl (C=O) groups is 3. The zero-order chi connectivity index (χ0) is 18.3. The van der Waals surface area contributed by atoms with Crippen molar-refractivity contribution in [2.75, 3.05) is 0 Å². The molecule has 2 rings (SSSR count). The summed E-state index contributed by atoms with van der Waals surface area (Å²) in [6, 6.07) is -2.05. The minimum Gasteiger partial charge on any atom is -0.481 e. The highest BCUT2D eigenvalue weighted by Gasteiger charge is 2.61. The summed E-state index contributed by atoms with van der Waals surface area (Å²) < 4.78 is 5.78. The molecule has 0 aromatic carbocycles. The van der Waals surface area contributed by atoms with Gasteiger partial charge in [-0.05, 0) is 32.1 Å². The maximum atomic E-state index is 12.4. The molecule has 2 saturated carbocycles. The third kappa shape index (κ3) is 3.41. The maximum absolute atomic E-state index is 12.4. The number of carboxylic acids is 1. The lowest BCUT2D eigenvalue weighted by molar-refractivity contribution is -0.167. The lowest BCUT2D eigenvalue weighted by atomic mass is 9.70. The first-order valence-electron chi connectivity index (χ1n) is 8.45. The molecular formula is C17H28N2O5. The Morgan fingerprint density at radius 1 is 1.33 bits per heavy atom. The van der Waals surface area contributed by atoms with Crippen molar-refractivity contribution in [1.82, 2.24) is 5.32 Å². The Labute approximate surface area is 142 Å². The van der Waals surface area contributed by atoms with E-state index in [0.717, 1.165) is 19.3 Å². The fourth-order valence-corrected chi connectivity index (χ4v) is 4.43. The summed E-state index contributed by atoms with van der Waals surface area (Å²) in [5, 5.41) is 11.1. The second-order valence-corrected chi connectivity index (χ2v) is 8.17. The van der Waals surface area contributed by atoms with Gasteiger partial charge in [-0.3, -0.25) is 9.59 Å². The van der Waals surface area contributed by atoms with Crippen LogP contribution in [-0.4, -0.2) is 41.1 Å². The van der Waals surface area contributed by atoms with Crippen molar-refractivity contribution < 1.29 is 24.2 Å². The first-order valence-corrected chi connectivity index (χ1v) is 8.45. The Balaban J connectivity index is 1.95. The van der Waals surface area contributed by atoms with Gasteiger partial charge in [0.05, 0.1) is 12.5 Å². The van der Waals surface area contributed by atoms with Crippen LogP contribution in [0.3, 0.4) is 0 Å². The standard InChI is InChI=1S/C17H28N2O5/c1-9(19-13(22)11(18)7-12(20)21)14(23)24-15-16(2,3)10-5-6-17(15,4)8-10/h9-11,15H,5-8,18H2,1-4H3,(H,19,22)(H,20,21)/t9-,10-,11+,15+,17+/m1/s1. The molecule has 2 aliphatic rings. The Morgan fingerprint density at radius 3 is 2.46 bits per heavy atom. The summed E-state index contributed by atoms with van der Waals surface area (Å²) in [6.45, 7) is 7.94. The van der Waals surface area contributed by atoms with E-state index in [2.05, 4.69) is 26.1 Å². The van der Waals surface area contributed by atoms with Gasteiger partial charge in [-0.2, -0.15) is 0 Å². The lowest BCUT2D eigenvalue weighted by Crippen LogP contribution is -2.51. The molecule has 2 aliphatic carbocycles. The number of esters is 1. The monoisotopic (exact) mass is 340 g/mol. The molecule has 0 saturated heterocycles. The molecule has 0 aromatic heterocycles. The largest absolute Gasteiger partial charge is 0.481 e. The fourth-order valence-electron chi connectivity index (χ4n) is 4.43. The highest BCUT2D eigenvalue weighted by Crippen LogP contribution is 2.63. The van der Waals surface area contributed by atoms with E-state index in [1.54, 1.807) is 0 Å². The van der Waals surface area contributed by atoms with E-state index in [-0.39, 0.29) is 16.9 Å². The number of aliphatic carboxylic acids is 1. The quantitative estimate of drug-likeness (QED) is 0.622. The summed E-state index contributed by atoms with van der Waals surface area (Å²) in [5.74, 6) is -1.78. The highest BCUT2D eigenvalue weighted by atomic mass is 16.5. The number of fused-ring (bicyclic) bond motifs is 2. The number of ether oxygens (including phenoxy) is 1. The van der Waals surface area contributed by atoms with Crippen molar-refractivity contribution in [3.63, 3.8) is 0 Å². The van der Waals surface area contributed by atoms with Gasteiger partial charge in [-0.25, -0.2) is 4.79 Å². The first kappa shape index (κ1) is 18.7. The minimum atomic E-state index is -1.19. The van der Waals surface area contributed by atoms with Crippen LogP contribution in [0, 0.1) is 16.7 Å². The van der Waals surface area contributed by atoms with E-state index < -0.39 is 36.4 Å². The van der Waals surface area contributed by atoms with E-state index in [1.807, 2.05) is 0 Å². The fraction of sp³-hybridized carbons (Fsp3) is 0.824. The first-order chi connectivity index (χ1) is 11.0. The molecule has 136 valence electrons. The van der Waals surface area contributed by atoms with E-state index in [1.165, 1.54) is 6.92 Å². The molecule has 0 aromatic rings. The van der Waals surface area contributed by atoms with Crippen molar-refractivity contribution in [2.45, 2.75) is 71.6 Å². The molecule has 4 N–H and O–H groups in total. The van der Waals surface area contributed by atoms with Crippen LogP contribution < -0.4 is 11.1 Å². The van der Waals surface area contributed by atoms with Crippen LogP contribution in [0.1, 0.15) is 53.4 Å². The van der Waals surface area contributed by atoms with E-state index in [9.17, 15) is 14.4 Å². The number of rotatable bonds is 6. The van der Waals surface area contributed by atoms with Gasteiger partial charge in [-0.15, -0.1) is 0 Å². The van der Waals surface area contributed by atoms with Gasteiger partial charge in [-0.1, -0.05) is 20.8 Å². The average Bonchev–Trinajstić information content (AvgIpc) is 2.93. The van der Waals surface area contributed by atoms with Gasteiger partial charge >= 0.3 is 11.9 Å². The Bertz CT molecular complexity index is 542. The molecule has 0 unspecified atom stereocenters. The summed E-state index contributed by atoms with van der Waals surface area (Å²) in [6.07, 6.45) is 2.60. The zero-order valence-corrected chi connectivity index (χ0v) is 14.8. The number of carbonyl (C=O) groups excluding carboxylic acids is 2. The number of amides is 1. The molecule has 7 heteroatoms. The number of hydrogen-bond acceptors (Lipinski definition) is 5. The van der Waals surface area contributed by atoms with Gasteiger partial charge in [0.15, 0.2) is 0 Å². The SMILES string of the molecule is C[C@@H](NC(=O)[C@@H](N)CC(=O)O)C(=O)O[C@H]1C(C)(C)[C@@H]2CC[C@@]1(C)C2. The molecule has 0 radical (unpaired) electrons. The third-order valence-electron chi connectivity index (χ3n) is 5.82. The molecule has 0 heterocycles. The second kappa shape index (κ2) is 6.35. The molecule has 0 aliphatic heterocycles. The van der Waals surface area contributed by atoms with Crippen LogP contribution in [0.4, 0.5) is 0 Å². The molecular weight excluding hydrogens is 312 g/mol. The van der Waals surface area contributed by atoms with Crippen LogP contribution in [0.25, 0.3) is 0 Å². The van der Waals surface area contributed by atoms with Gasteiger partial charge in [0.2, 0.25) is 5.91 Å². The Kier molecular flexibility index (Phi) is 4.95. The third-order valence-corrected chi connectivity index (χ3v) is 5.82. The molecule has 5 atom stereocenters. The van der Waals surface area contributed by atoms with Crippen molar-refractivity contribution in [3.05, 3.63) is 0 Å². The highest BCUT2D eigenvalue weighted by molar-refractivity contribution is 5.89. The summed E-state index contributed by atoms with van der Waals surface area (Å²) in [7, 11) is 0. The van der Waals surface area contributed by atoms with Crippen LogP contribution in [0.15, 0.2) is 0 Å². The molecule has 2 fully saturated rings. The number of carboxylic acid groups (broad SMARTS) is 1. The van der Waals surface area contributed by atoms with Gasteiger partial charge < -0.3 is 20.9 Å². The number of nitrogens with one attached hydrogen (secondary N) is 1. The normalized spacial score (nSPS) is 32.9. The molecule has 2 bridgehead atoms. The smallest absolute Gasteiger partial charge is 0.328 e. The van der Waals surface area contributed by atoms with E-state index >= 15 is 0 Å². The van der Waals surface area contributed by atoms with E-state index in [0.29, 0.717) is 5.92 Å². The van der Waals surface area contributed by atoms with Crippen molar-refractivity contribution >= 4 is 17.8 Å². The van der Waals surface area contributed by atoms with Crippen molar-refractivity contribution in [1.29, 1.82) is 0 Å².